The second-order valence-electron chi connectivity index (χ2n) is 3.88. The molecule has 0 aliphatic carbocycles. The molecule has 2 aromatic rings. The molecule has 5 nitrogen and oxygen atoms in total. The van der Waals surface area contributed by atoms with Gasteiger partial charge in [0.25, 0.3) is 0 Å². The van der Waals surface area contributed by atoms with E-state index >= 15 is 0 Å². The van der Waals surface area contributed by atoms with Crippen LogP contribution < -0.4 is 11.5 Å². The Balaban J connectivity index is 2.71. The molecule has 0 amide bonds. The maximum absolute atomic E-state index is 14.1. The van der Waals surface area contributed by atoms with Crippen molar-refractivity contribution in [1.29, 1.82) is 0 Å². The molecule has 2 rings (SSSR count). The van der Waals surface area contributed by atoms with E-state index in [1.54, 1.807) is 0 Å². The number of halogens is 2. The van der Waals surface area contributed by atoms with Gasteiger partial charge in [-0.15, -0.1) is 0 Å². The predicted octanol–water partition coefficient (Wildman–Crippen LogP) is 2.56. The van der Waals surface area contributed by atoms with E-state index in [2.05, 4.69) is 16.5 Å². The highest BCUT2D eigenvalue weighted by atomic mass is 35.5. The van der Waals surface area contributed by atoms with Crippen LogP contribution in [0.2, 0.25) is 5.02 Å². The topological polar surface area (TPSA) is 94.9 Å². The number of nitrogen functional groups attached to an aromatic ring is 2. The van der Waals surface area contributed by atoms with Crippen molar-refractivity contribution >= 4 is 35.5 Å². The molecule has 0 aliphatic rings. The summed E-state index contributed by atoms with van der Waals surface area (Å²) in [6.45, 7) is 3.52. The van der Waals surface area contributed by atoms with Crippen LogP contribution in [-0.4, -0.2) is 16.3 Å². The monoisotopic (exact) mass is 292 g/mol. The third-order valence-electron chi connectivity index (χ3n) is 2.69. The molecule has 0 aliphatic heterocycles. The Hall–Kier alpha value is -2.47. The summed E-state index contributed by atoms with van der Waals surface area (Å²) in [6.07, 6.45) is 1.85. The Labute approximate surface area is 119 Å². The summed E-state index contributed by atoms with van der Waals surface area (Å²) in [5.41, 5.74) is 11.3. The van der Waals surface area contributed by atoms with Crippen LogP contribution in [0.15, 0.2) is 18.7 Å². The molecule has 0 atom stereocenters. The van der Waals surface area contributed by atoms with E-state index in [1.807, 2.05) is 0 Å². The zero-order valence-corrected chi connectivity index (χ0v) is 11.0. The van der Waals surface area contributed by atoms with Crippen molar-refractivity contribution < 1.29 is 9.18 Å². The molecule has 1 heterocycles. The third-order valence-corrected chi connectivity index (χ3v) is 3.02. The van der Waals surface area contributed by atoms with Gasteiger partial charge in [0, 0.05) is 5.56 Å². The lowest BCUT2D eigenvalue weighted by Gasteiger charge is -2.09. The van der Waals surface area contributed by atoms with Crippen molar-refractivity contribution in [3.8, 4) is 11.4 Å². The maximum atomic E-state index is 14.1. The Morgan fingerprint density at radius 2 is 2.00 bits per heavy atom. The first-order chi connectivity index (χ1) is 9.49. The van der Waals surface area contributed by atoms with Crippen LogP contribution in [0.3, 0.4) is 0 Å². The van der Waals surface area contributed by atoms with Gasteiger partial charge in [-0.1, -0.05) is 24.3 Å². The van der Waals surface area contributed by atoms with Crippen molar-refractivity contribution in [3.05, 3.63) is 40.8 Å². The zero-order valence-electron chi connectivity index (χ0n) is 10.2. The van der Waals surface area contributed by atoms with E-state index in [9.17, 15) is 9.18 Å². The van der Waals surface area contributed by atoms with Crippen molar-refractivity contribution in [1.82, 2.24) is 9.97 Å². The highest BCUT2D eigenvalue weighted by molar-refractivity contribution is 6.33. The molecule has 0 saturated carbocycles. The van der Waals surface area contributed by atoms with Crippen LogP contribution in [0, 0.1) is 5.82 Å². The summed E-state index contributed by atoms with van der Waals surface area (Å²) < 4.78 is 14.1. The van der Waals surface area contributed by atoms with Gasteiger partial charge in [-0.25, -0.2) is 14.4 Å². The average Bonchev–Trinajstić information content (AvgIpc) is 2.44. The SMILES string of the molecule is C=Cc1c(N)nc(-c2ccc(Cl)c(N)c2F)nc1C=O. The van der Waals surface area contributed by atoms with Gasteiger partial charge in [0.15, 0.2) is 17.9 Å². The number of nitrogens with two attached hydrogens (primary N) is 2. The molecule has 0 spiro atoms. The lowest BCUT2D eigenvalue weighted by atomic mass is 10.1. The second-order valence-corrected chi connectivity index (χ2v) is 4.28. The van der Waals surface area contributed by atoms with Gasteiger partial charge in [0.2, 0.25) is 0 Å². The molecule has 0 bridgehead atoms. The van der Waals surface area contributed by atoms with E-state index in [-0.39, 0.29) is 33.6 Å². The maximum Gasteiger partial charge on any atom is 0.169 e. The summed E-state index contributed by atoms with van der Waals surface area (Å²) >= 11 is 5.71. The lowest BCUT2D eigenvalue weighted by molar-refractivity contribution is 0.111. The first-order valence-electron chi connectivity index (χ1n) is 5.48. The van der Waals surface area contributed by atoms with Crippen LogP contribution >= 0.6 is 11.6 Å². The van der Waals surface area contributed by atoms with Crippen molar-refractivity contribution in [2.75, 3.05) is 11.5 Å². The van der Waals surface area contributed by atoms with Gasteiger partial charge in [-0.05, 0) is 12.1 Å². The number of nitrogens with zero attached hydrogens (tertiary/aromatic N) is 2. The predicted molar refractivity (Wildman–Crippen MR) is 76.7 cm³/mol. The molecule has 102 valence electrons. The minimum absolute atomic E-state index is 0.0114. The number of carbonyl (C=O) groups is 1. The average molecular weight is 293 g/mol. The van der Waals surface area contributed by atoms with E-state index in [0.29, 0.717) is 11.8 Å². The molecule has 20 heavy (non-hydrogen) atoms. The summed E-state index contributed by atoms with van der Waals surface area (Å²) in [5, 5.41) is 0.0811. The van der Waals surface area contributed by atoms with Crippen molar-refractivity contribution in [2.24, 2.45) is 0 Å². The Morgan fingerprint density at radius 3 is 2.60 bits per heavy atom. The fraction of sp³-hybridized carbons (Fsp3) is 0. The number of aromatic nitrogens is 2. The molecule has 1 aromatic heterocycles. The molecular weight excluding hydrogens is 283 g/mol. The quantitative estimate of drug-likeness (QED) is 0.669. The Bertz CT molecular complexity index is 718. The Kier molecular flexibility index (Phi) is 3.67. The van der Waals surface area contributed by atoms with Crippen LogP contribution in [-0.2, 0) is 0 Å². The lowest BCUT2D eigenvalue weighted by Crippen LogP contribution is -2.06. The first-order valence-corrected chi connectivity index (χ1v) is 5.86. The number of carbonyl (C=O) groups excluding carboxylic acids is 1. The van der Waals surface area contributed by atoms with Gasteiger partial charge in [0.05, 0.1) is 16.3 Å². The number of hydrogen-bond acceptors (Lipinski definition) is 5. The van der Waals surface area contributed by atoms with E-state index in [0.717, 1.165) is 0 Å². The number of aldehydes is 1. The minimum Gasteiger partial charge on any atom is -0.395 e. The van der Waals surface area contributed by atoms with E-state index in [4.69, 9.17) is 23.1 Å². The van der Waals surface area contributed by atoms with Crippen LogP contribution in [0.4, 0.5) is 15.9 Å². The smallest absolute Gasteiger partial charge is 0.169 e. The number of anilines is 2. The highest BCUT2D eigenvalue weighted by Crippen LogP contribution is 2.30. The molecule has 1 aromatic carbocycles. The van der Waals surface area contributed by atoms with E-state index < -0.39 is 5.82 Å². The van der Waals surface area contributed by atoms with Gasteiger partial charge in [0.1, 0.15) is 11.5 Å². The summed E-state index contributed by atoms with van der Waals surface area (Å²) in [7, 11) is 0. The summed E-state index contributed by atoms with van der Waals surface area (Å²) in [4.78, 5) is 18.9. The van der Waals surface area contributed by atoms with Gasteiger partial charge in [-0.3, -0.25) is 4.79 Å². The molecule has 0 unspecified atom stereocenters. The molecule has 4 N–H and O–H groups in total. The number of benzene rings is 1. The zero-order chi connectivity index (χ0) is 14.9. The van der Waals surface area contributed by atoms with Crippen molar-refractivity contribution in [2.45, 2.75) is 0 Å². The second kappa shape index (κ2) is 5.26. The molecule has 0 saturated heterocycles. The standard InChI is InChI=1S/C13H10ClFN4O/c1-2-6-9(5-20)18-13(19-12(6)17)7-3-4-8(14)11(16)10(7)15/h2-5H,1,16H2,(H2,17,18,19). The Morgan fingerprint density at radius 1 is 1.30 bits per heavy atom. The van der Waals surface area contributed by atoms with Crippen molar-refractivity contribution in [3.63, 3.8) is 0 Å². The molecule has 0 fully saturated rings. The van der Waals surface area contributed by atoms with Crippen LogP contribution in [0.25, 0.3) is 17.5 Å². The van der Waals surface area contributed by atoms with Gasteiger partial charge in [-0.2, -0.15) is 0 Å². The molecular formula is C13H10ClFN4O. The fourth-order valence-corrected chi connectivity index (χ4v) is 1.81. The molecule has 0 radical (unpaired) electrons. The normalized spacial score (nSPS) is 10.3. The van der Waals surface area contributed by atoms with E-state index in [1.165, 1.54) is 18.2 Å². The summed E-state index contributed by atoms with van der Waals surface area (Å²) in [6, 6.07) is 2.78. The van der Waals surface area contributed by atoms with Crippen LogP contribution in [0.5, 0.6) is 0 Å². The minimum atomic E-state index is -0.764. The fourth-order valence-electron chi connectivity index (χ4n) is 1.67. The largest absolute Gasteiger partial charge is 0.395 e. The summed E-state index contributed by atoms with van der Waals surface area (Å²) in [5.74, 6) is -0.781. The first kappa shape index (κ1) is 14.0. The molecule has 7 heteroatoms. The number of rotatable bonds is 3. The van der Waals surface area contributed by atoms with Gasteiger partial charge >= 0.3 is 0 Å². The highest BCUT2D eigenvalue weighted by Gasteiger charge is 2.16. The number of hydrogen-bond donors (Lipinski definition) is 2. The third kappa shape index (κ3) is 2.21. The van der Waals surface area contributed by atoms with Gasteiger partial charge < -0.3 is 11.5 Å². The van der Waals surface area contributed by atoms with Crippen LogP contribution in [0.1, 0.15) is 16.1 Å².